The summed E-state index contributed by atoms with van der Waals surface area (Å²) in [5.41, 5.74) is -2.85. The zero-order valence-corrected chi connectivity index (χ0v) is 20.8. The van der Waals surface area contributed by atoms with E-state index in [0.717, 1.165) is 19.1 Å². The summed E-state index contributed by atoms with van der Waals surface area (Å²) in [6, 6.07) is 4.99. The van der Waals surface area contributed by atoms with Crippen molar-refractivity contribution in [1.82, 2.24) is 10.3 Å². The molecule has 2 bridgehead atoms. The molecule has 0 spiro atoms. The molecule has 2 saturated heterocycles. The molecule has 196 valence electrons. The first-order valence-electron chi connectivity index (χ1n) is 11.5. The highest BCUT2D eigenvalue weighted by Crippen LogP contribution is 2.40. The molecule has 3 atom stereocenters. The summed E-state index contributed by atoms with van der Waals surface area (Å²) in [7, 11) is -3.36. The molecule has 0 aliphatic carbocycles. The second-order valence-corrected chi connectivity index (χ2v) is 11.8. The maximum atomic E-state index is 13.6. The number of hydrogen-bond acceptors (Lipinski definition) is 6. The number of alkyl halides is 3. The second kappa shape index (κ2) is 9.20. The lowest BCUT2D eigenvalue weighted by Gasteiger charge is -2.41. The summed E-state index contributed by atoms with van der Waals surface area (Å²) < 4.78 is 82.5. The lowest BCUT2D eigenvalue weighted by molar-refractivity contribution is -0.143. The molecule has 1 amide bonds. The third-order valence-corrected chi connectivity index (χ3v) is 7.74. The largest absolute Gasteiger partial charge is 0.477 e. The number of amides is 1. The van der Waals surface area contributed by atoms with Gasteiger partial charge in [0, 0.05) is 36.6 Å². The van der Waals surface area contributed by atoms with Gasteiger partial charge in [-0.05, 0) is 63.8 Å². The minimum Gasteiger partial charge on any atom is -0.477 e. The van der Waals surface area contributed by atoms with Crippen LogP contribution in [0.15, 0.2) is 41.4 Å². The van der Waals surface area contributed by atoms with Crippen LogP contribution < -0.4 is 15.0 Å². The minimum absolute atomic E-state index is 0.0646. The Labute approximate surface area is 206 Å². The molecule has 7 nitrogen and oxygen atoms in total. The molecule has 1 aromatic heterocycles. The quantitative estimate of drug-likeness (QED) is 0.567. The number of nitrogens with one attached hydrogen (secondary N) is 1. The highest BCUT2D eigenvalue weighted by atomic mass is 32.2. The molecule has 2 aromatic rings. The topological polar surface area (TPSA) is 88.6 Å². The zero-order chi connectivity index (χ0) is 26.5. The maximum absolute atomic E-state index is 13.6. The molecule has 2 aliphatic heterocycles. The Balaban J connectivity index is 1.44. The van der Waals surface area contributed by atoms with Crippen molar-refractivity contribution in [2.24, 2.45) is 0 Å². The Morgan fingerprint density at radius 3 is 2.28 bits per heavy atom. The van der Waals surface area contributed by atoms with Crippen LogP contribution in [0.4, 0.5) is 23.4 Å². The highest BCUT2D eigenvalue weighted by molar-refractivity contribution is 7.90. The van der Waals surface area contributed by atoms with E-state index in [1.54, 1.807) is 6.07 Å². The number of aromatic nitrogens is 1. The molecule has 4 rings (SSSR count). The molecule has 1 aromatic carbocycles. The van der Waals surface area contributed by atoms with Crippen molar-refractivity contribution in [3.05, 3.63) is 47.9 Å². The average molecular weight is 530 g/mol. The number of nitrogens with zero attached hydrogens (tertiary/aromatic N) is 2. The zero-order valence-electron chi connectivity index (χ0n) is 20.0. The molecule has 0 saturated carbocycles. The van der Waals surface area contributed by atoms with Crippen molar-refractivity contribution < 1.29 is 35.5 Å². The maximum Gasteiger partial charge on any atom is 0.419 e. The Kier molecular flexibility index (Phi) is 6.69. The number of benzene rings is 1. The number of pyridine rings is 1. The van der Waals surface area contributed by atoms with Crippen LogP contribution in [-0.2, 0) is 20.8 Å². The second-order valence-electron chi connectivity index (χ2n) is 9.81. The normalized spacial score (nSPS) is 22.4. The number of anilines is 1. The fraction of sp³-hybridized carbons (Fsp3) is 0.500. The van der Waals surface area contributed by atoms with Gasteiger partial charge in [-0.1, -0.05) is 0 Å². The molecule has 2 fully saturated rings. The molecular weight excluding hydrogens is 502 g/mol. The van der Waals surface area contributed by atoms with Gasteiger partial charge in [0.1, 0.15) is 17.4 Å². The Morgan fingerprint density at radius 1 is 1.11 bits per heavy atom. The predicted molar refractivity (Wildman–Crippen MR) is 124 cm³/mol. The molecule has 36 heavy (non-hydrogen) atoms. The van der Waals surface area contributed by atoms with Gasteiger partial charge in [0.15, 0.2) is 15.4 Å². The van der Waals surface area contributed by atoms with Crippen LogP contribution in [0.1, 0.15) is 45.1 Å². The van der Waals surface area contributed by atoms with Gasteiger partial charge in [-0.25, -0.2) is 17.8 Å². The van der Waals surface area contributed by atoms with Crippen LogP contribution in [0.5, 0.6) is 5.75 Å². The smallest absolute Gasteiger partial charge is 0.419 e. The van der Waals surface area contributed by atoms with Crippen molar-refractivity contribution in [2.45, 2.75) is 74.3 Å². The summed E-state index contributed by atoms with van der Waals surface area (Å²) in [4.78, 5) is 19.6. The van der Waals surface area contributed by atoms with Crippen molar-refractivity contribution in [3.63, 3.8) is 0 Å². The van der Waals surface area contributed by atoms with Gasteiger partial charge in [-0.3, -0.25) is 4.79 Å². The van der Waals surface area contributed by atoms with Gasteiger partial charge in [0.2, 0.25) is 0 Å². The fourth-order valence-corrected chi connectivity index (χ4v) is 5.47. The van der Waals surface area contributed by atoms with Crippen LogP contribution >= 0.6 is 0 Å². The summed E-state index contributed by atoms with van der Waals surface area (Å²) in [6.07, 6.45) is 0.581. The van der Waals surface area contributed by atoms with E-state index in [4.69, 9.17) is 4.74 Å². The Hall–Kier alpha value is -2.89. The average Bonchev–Trinajstić information content (AvgIpc) is 3.02. The highest BCUT2D eigenvalue weighted by Gasteiger charge is 2.44. The lowest BCUT2D eigenvalue weighted by Crippen LogP contribution is -2.55. The molecule has 1 N–H and O–H groups in total. The molecule has 0 radical (unpaired) electrons. The van der Waals surface area contributed by atoms with Gasteiger partial charge in [-0.15, -0.1) is 0 Å². The standard InChI is InChI=1S/C24H27F4N3O4S/c1-23(2,35-20-10-14(25)4-8-19(20)24(26,27)28)22(32)30-15-11-16-5-6-17(12-15)31(16)21-9-7-18(13-29-21)36(3,33)34/h4,7-10,13,15-17H,5-6,11-12H2,1-3H3,(H,30,32)/t15?,16-,17+. The van der Waals surface area contributed by atoms with Gasteiger partial charge in [-0.2, -0.15) is 13.2 Å². The number of hydrogen-bond donors (Lipinski definition) is 1. The lowest BCUT2D eigenvalue weighted by atomic mass is 9.96. The van der Waals surface area contributed by atoms with Crippen LogP contribution in [-0.4, -0.2) is 49.3 Å². The van der Waals surface area contributed by atoms with Crippen LogP contribution in [0.2, 0.25) is 0 Å². The summed E-state index contributed by atoms with van der Waals surface area (Å²) in [5, 5.41) is 2.89. The van der Waals surface area contributed by atoms with Crippen molar-refractivity contribution in [3.8, 4) is 5.75 Å². The SMILES string of the molecule is CC(C)(Oc1cc(F)ccc1C(F)(F)F)C(=O)NC1C[C@H]2CC[C@@H](C1)N2c1ccc(S(C)(=O)=O)cn1. The van der Waals surface area contributed by atoms with E-state index in [2.05, 4.69) is 15.2 Å². The third kappa shape index (κ3) is 5.42. The monoisotopic (exact) mass is 529 g/mol. The van der Waals surface area contributed by atoms with E-state index < -0.39 is 44.7 Å². The molecule has 12 heteroatoms. The fourth-order valence-electron chi connectivity index (χ4n) is 4.91. The number of fused-ring (bicyclic) bond motifs is 2. The number of piperidine rings is 1. The van der Waals surface area contributed by atoms with E-state index in [1.807, 2.05) is 0 Å². The number of sulfone groups is 1. The Morgan fingerprint density at radius 2 is 1.75 bits per heavy atom. The molecule has 2 aliphatic rings. The van der Waals surface area contributed by atoms with E-state index in [1.165, 1.54) is 26.1 Å². The van der Waals surface area contributed by atoms with E-state index in [-0.39, 0.29) is 23.0 Å². The molecule has 3 heterocycles. The van der Waals surface area contributed by atoms with Crippen LogP contribution in [0.3, 0.4) is 0 Å². The van der Waals surface area contributed by atoms with E-state index in [9.17, 15) is 30.8 Å². The third-order valence-electron chi connectivity index (χ3n) is 6.64. The summed E-state index contributed by atoms with van der Waals surface area (Å²) >= 11 is 0. The number of carbonyl (C=O) groups excluding carboxylic acids is 1. The number of carbonyl (C=O) groups is 1. The van der Waals surface area contributed by atoms with Crippen molar-refractivity contribution >= 4 is 21.6 Å². The first-order chi connectivity index (χ1) is 16.6. The van der Waals surface area contributed by atoms with Gasteiger partial charge in [0.05, 0.1) is 10.5 Å². The first-order valence-corrected chi connectivity index (χ1v) is 13.4. The number of rotatable bonds is 6. The molecule has 1 unspecified atom stereocenters. The minimum atomic E-state index is -4.77. The number of halogens is 4. The van der Waals surface area contributed by atoms with Gasteiger partial charge in [0.25, 0.3) is 5.91 Å². The number of ether oxygens (including phenoxy) is 1. The first kappa shape index (κ1) is 26.2. The van der Waals surface area contributed by atoms with Gasteiger partial charge >= 0.3 is 6.18 Å². The summed E-state index contributed by atoms with van der Waals surface area (Å²) in [6.45, 7) is 2.68. The van der Waals surface area contributed by atoms with E-state index in [0.29, 0.717) is 36.9 Å². The van der Waals surface area contributed by atoms with Crippen molar-refractivity contribution in [1.29, 1.82) is 0 Å². The van der Waals surface area contributed by atoms with Gasteiger partial charge < -0.3 is 15.0 Å². The molecular formula is C24H27F4N3O4S. The van der Waals surface area contributed by atoms with Crippen LogP contribution in [0.25, 0.3) is 0 Å². The predicted octanol–water partition coefficient (Wildman–Crippen LogP) is 4.12. The van der Waals surface area contributed by atoms with Crippen LogP contribution in [0, 0.1) is 5.82 Å². The summed E-state index contributed by atoms with van der Waals surface area (Å²) in [5.74, 6) is -1.60. The van der Waals surface area contributed by atoms with E-state index >= 15 is 0 Å². The Bertz CT molecular complexity index is 1230. The van der Waals surface area contributed by atoms with Crippen molar-refractivity contribution in [2.75, 3.05) is 11.2 Å².